The average Bonchev–Trinajstić information content (AvgIpc) is 3.05. The van der Waals surface area contributed by atoms with E-state index in [4.69, 9.17) is 11.6 Å². The van der Waals surface area contributed by atoms with Crippen molar-refractivity contribution in [1.82, 2.24) is 4.98 Å². The summed E-state index contributed by atoms with van der Waals surface area (Å²) in [5, 5.41) is 5.86. The van der Waals surface area contributed by atoms with E-state index in [1.54, 1.807) is 23.5 Å². The third-order valence-corrected chi connectivity index (χ3v) is 4.62. The Morgan fingerprint density at radius 1 is 1.30 bits per heavy atom. The lowest BCUT2D eigenvalue weighted by molar-refractivity contribution is -0.111. The molecule has 100 valence electrons. The van der Waals surface area contributed by atoms with Crippen molar-refractivity contribution in [2.75, 3.05) is 5.32 Å². The smallest absolute Gasteiger partial charge is 0.250 e. The van der Waals surface area contributed by atoms with Crippen molar-refractivity contribution in [3.63, 3.8) is 0 Å². The maximum Gasteiger partial charge on any atom is 0.250 e. The van der Waals surface area contributed by atoms with E-state index >= 15 is 0 Å². The Morgan fingerprint density at radius 3 is 2.95 bits per heavy atom. The van der Waals surface area contributed by atoms with Crippen molar-refractivity contribution in [3.05, 3.63) is 51.7 Å². The molecule has 6 heteroatoms. The average molecular weight is 321 g/mol. The second kappa shape index (κ2) is 5.75. The number of para-hydroxylation sites is 1. The molecule has 1 aromatic carbocycles. The topological polar surface area (TPSA) is 42.0 Å². The number of carbonyl (C=O) groups is 1. The zero-order valence-corrected chi connectivity index (χ0v) is 12.6. The summed E-state index contributed by atoms with van der Waals surface area (Å²) in [5.74, 6) is -0.200. The molecule has 20 heavy (non-hydrogen) atoms. The molecule has 0 fully saturated rings. The van der Waals surface area contributed by atoms with Gasteiger partial charge in [0.1, 0.15) is 5.52 Å². The number of fused-ring (bicyclic) bond motifs is 1. The number of nitrogens with zero attached hydrogens (tertiary/aromatic N) is 1. The number of carbonyl (C=O) groups excluding carboxylic acids is 1. The van der Waals surface area contributed by atoms with Gasteiger partial charge in [-0.3, -0.25) is 10.1 Å². The Hall–Kier alpha value is -1.69. The predicted octanol–water partition coefficient (Wildman–Crippen LogP) is 4.66. The van der Waals surface area contributed by atoms with Crippen LogP contribution in [0, 0.1) is 0 Å². The largest absolute Gasteiger partial charge is 0.298 e. The van der Waals surface area contributed by atoms with E-state index in [2.05, 4.69) is 10.3 Å². The molecule has 3 aromatic rings. The Balaban J connectivity index is 1.76. The lowest BCUT2D eigenvalue weighted by Gasteiger charge is -1.94. The summed E-state index contributed by atoms with van der Waals surface area (Å²) in [6.07, 6.45) is 3.28. The Labute approximate surface area is 128 Å². The number of rotatable bonds is 3. The van der Waals surface area contributed by atoms with E-state index in [0.717, 1.165) is 15.1 Å². The van der Waals surface area contributed by atoms with Gasteiger partial charge >= 0.3 is 0 Å². The summed E-state index contributed by atoms with van der Waals surface area (Å²) in [7, 11) is 0. The van der Waals surface area contributed by atoms with E-state index in [1.807, 2.05) is 29.6 Å². The summed E-state index contributed by atoms with van der Waals surface area (Å²) in [6, 6.07) is 9.47. The van der Waals surface area contributed by atoms with Crippen molar-refractivity contribution in [3.8, 4) is 0 Å². The molecule has 3 nitrogen and oxygen atoms in total. The van der Waals surface area contributed by atoms with E-state index in [-0.39, 0.29) is 5.91 Å². The first kappa shape index (κ1) is 13.3. The van der Waals surface area contributed by atoms with Gasteiger partial charge in [0, 0.05) is 11.0 Å². The predicted molar refractivity (Wildman–Crippen MR) is 86.6 cm³/mol. The standard InChI is InChI=1S/C14H9ClN2OS2/c15-10-4-1-5-11-13(10)17-14(20-11)16-12(18)7-6-9-3-2-8-19-9/h1-8H,(H,16,17,18)/b7-6+. The zero-order chi connectivity index (χ0) is 13.9. The van der Waals surface area contributed by atoms with Crippen molar-refractivity contribution < 1.29 is 4.79 Å². The van der Waals surface area contributed by atoms with Gasteiger partial charge in [-0.15, -0.1) is 11.3 Å². The molecule has 3 rings (SSSR count). The van der Waals surface area contributed by atoms with Crippen LogP contribution in [0.4, 0.5) is 5.13 Å². The fraction of sp³-hybridized carbons (Fsp3) is 0. The lowest BCUT2D eigenvalue weighted by atomic mass is 10.3. The highest BCUT2D eigenvalue weighted by Gasteiger charge is 2.08. The molecule has 2 aromatic heterocycles. The number of thiophene rings is 1. The van der Waals surface area contributed by atoms with Gasteiger partial charge in [0.15, 0.2) is 5.13 Å². The molecule has 0 unspecified atom stereocenters. The molecule has 0 aliphatic rings. The SMILES string of the molecule is O=C(/C=C/c1cccs1)Nc1nc2c(Cl)cccc2s1. The van der Waals surface area contributed by atoms with Crippen LogP contribution in [0.2, 0.25) is 5.02 Å². The molecular formula is C14H9ClN2OS2. The lowest BCUT2D eigenvalue weighted by Crippen LogP contribution is -2.06. The fourth-order valence-electron chi connectivity index (χ4n) is 1.66. The van der Waals surface area contributed by atoms with Crippen LogP contribution in [-0.4, -0.2) is 10.9 Å². The molecular weight excluding hydrogens is 312 g/mol. The van der Waals surface area contributed by atoms with Crippen LogP contribution in [0.25, 0.3) is 16.3 Å². The number of hydrogen-bond donors (Lipinski definition) is 1. The monoisotopic (exact) mass is 320 g/mol. The van der Waals surface area contributed by atoms with Crippen LogP contribution >= 0.6 is 34.3 Å². The molecule has 0 spiro atoms. The van der Waals surface area contributed by atoms with Crippen molar-refractivity contribution in [2.45, 2.75) is 0 Å². The van der Waals surface area contributed by atoms with E-state index in [1.165, 1.54) is 17.4 Å². The minimum absolute atomic E-state index is 0.200. The molecule has 0 bridgehead atoms. The number of amides is 1. The molecule has 1 amide bonds. The Kier molecular flexibility index (Phi) is 3.82. The van der Waals surface area contributed by atoms with Gasteiger partial charge in [-0.05, 0) is 29.7 Å². The maximum atomic E-state index is 11.8. The normalized spacial score (nSPS) is 11.2. The Bertz CT molecular complexity index is 778. The summed E-state index contributed by atoms with van der Waals surface area (Å²) in [6.45, 7) is 0. The van der Waals surface area contributed by atoms with Crippen LogP contribution in [0.1, 0.15) is 4.88 Å². The van der Waals surface area contributed by atoms with Gasteiger partial charge in [0.2, 0.25) is 5.91 Å². The van der Waals surface area contributed by atoms with Crippen LogP contribution in [0.15, 0.2) is 41.8 Å². The fourth-order valence-corrected chi connectivity index (χ4v) is 3.45. The first-order chi connectivity index (χ1) is 9.72. The zero-order valence-electron chi connectivity index (χ0n) is 10.2. The number of hydrogen-bond acceptors (Lipinski definition) is 4. The molecule has 2 heterocycles. The summed E-state index contributed by atoms with van der Waals surface area (Å²) in [5.41, 5.74) is 0.719. The molecule has 0 aliphatic heterocycles. The van der Waals surface area contributed by atoms with Crippen molar-refractivity contribution in [2.24, 2.45) is 0 Å². The number of halogens is 1. The number of benzene rings is 1. The molecule has 0 aliphatic carbocycles. The molecule has 0 atom stereocenters. The highest BCUT2D eigenvalue weighted by atomic mass is 35.5. The highest BCUT2D eigenvalue weighted by Crippen LogP contribution is 2.30. The second-order valence-corrected chi connectivity index (χ2v) is 6.36. The first-order valence-electron chi connectivity index (χ1n) is 5.80. The number of aromatic nitrogens is 1. The number of thiazole rings is 1. The number of anilines is 1. The number of nitrogens with one attached hydrogen (secondary N) is 1. The van der Waals surface area contributed by atoms with E-state index in [0.29, 0.717) is 10.2 Å². The van der Waals surface area contributed by atoms with Gasteiger partial charge in [-0.2, -0.15) is 0 Å². The van der Waals surface area contributed by atoms with Crippen LogP contribution in [-0.2, 0) is 4.79 Å². The minimum atomic E-state index is -0.200. The van der Waals surface area contributed by atoms with E-state index in [9.17, 15) is 4.79 Å². The van der Waals surface area contributed by atoms with Crippen LogP contribution in [0.3, 0.4) is 0 Å². The first-order valence-corrected chi connectivity index (χ1v) is 7.87. The second-order valence-electron chi connectivity index (χ2n) is 3.94. The maximum absolute atomic E-state index is 11.8. The summed E-state index contributed by atoms with van der Waals surface area (Å²) >= 11 is 9.04. The summed E-state index contributed by atoms with van der Waals surface area (Å²) in [4.78, 5) is 17.2. The molecule has 1 N–H and O–H groups in total. The van der Waals surface area contributed by atoms with Gasteiger partial charge in [-0.1, -0.05) is 35.1 Å². The van der Waals surface area contributed by atoms with Gasteiger partial charge < -0.3 is 0 Å². The van der Waals surface area contributed by atoms with Crippen LogP contribution < -0.4 is 5.32 Å². The third-order valence-electron chi connectivity index (χ3n) is 2.54. The van der Waals surface area contributed by atoms with Crippen molar-refractivity contribution in [1.29, 1.82) is 0 Å². The van der Waals surface area contributed by atoms with Gasteiger partial charge in [0.25, 0.3) is 0 Å². The van der Waals surface area contributed by atoms with Gasteiger partial charge in [-0.25, -0.2) is 4.98 Å². The highest BCUT2D eigenvalue weighted by molar-refractivity contribution is 7.22. The quantitative estimate of drug-likeness (QED) is 0.713. The molecule has 0 saturated heterocycles. The third kappa shape index (κ3) is 2.90. The van der Waals surface area contributed by atoms with E-state index < -0.39 is 0 Å². The molecule has 0 saturated carbocycles. The summed E-state index contributed by atoms with van der Waals surface area (Å²) < 4.78 is 0.954. The Morgan fingerprint density at radius 2 is 2.20 bits per heavy atom. The van der Waals surface area contributed by atoms with Crippen LogP contribution in [0.5, 0.6) is 0 Å². The van der Waals surface area contributed by atoms with Crippen molar-refractivity contribution >= 4 is 61.6 Å². The molecule has 0 radical (unpaired) electrons. The minimum Gasteiger partial charge on any atom is -0.298 e. The van der Waals surface area contributed by atoms with Gasteiger partial charge in [0.05, 0.1) is 9.72 Å².